The first-order valence-corrected chi connectivity index (χ1v) is 7.88. The predicted molar refractivity (Wildman–Crippen MR) is 88.8 cm³/mol. The summed E-state index contributed by atoms with van der Waals surface area (Å²) in [6.07, 6.45) is 1.78. The highest BCUT2D eigenvalue weighted by atomic mass is 32.1. The number of hydrogen-bond donors (Lipinski definition) is 1. The molecule has 5 nitrogen and oxygen atoms in total. The summed E-state index contributed by atoms with van der Waals surface area (Å²) in [5.41, 5.74) is 2.77. The molecule has 3 heterocycles. The molecule has 0 saturated heterocycles. The van der Waals surface area contributed by atoms with E-state index in [1.807, 2.05) is 49.6 Å². The van der Waals surface area contributed by atoms with Crippen molar-refractivity contribution < 1.29 is 4.74 Å². The maximum absolute atomic E-state index is 5.42. The van der Waals surface area contributed by atoms with Crippen molar-refractivity contribution in [3.05, 3.63) is 47.5 Å². The minimum atomic E-state index is 0.597. The molecule has 0 radical (unpaired) electrons. The van der Waals surface area contributed by atoms with Crippen molar-refractivity contribution in [2.24, 2.45) is 0 Å². The zero-order valence-electron chi connectivity index (χ0n) is 12.4. The lowest BCUT2D eigenvalue weighted by Gasteiger charge is -2.03. The van der Waals surface area contributed by atoms with Gasteiger partial charge in [0.25, 0.3) is 0 Å². The first-order chi connectivity index (χ1) is 10.7. The second kappa shape index (κ2) is 6.53. The Morgan fingerprint density at radius 1 is 1.18 bits per heavy atom. The molecule has 0 atom stereocenters. The minimum absolute atomic E-state index is 0.597. The van der Waals surface area contributed by atoms with E-state index in [-0.39, 0.29) is 0 Å². The quantitative estimate of drug-likeness (QED) is 0.770. The normalized spacial score (nSPS) is 10.5. The van der Waals surface area contributed by atoms with Gasteiger partial charge in [-0.1, -0.05) is 6.07 Å². The van der Waals surface area contributed by atoms with Crippen LogP contribution in [0, 0.1) is 6.92 Å². The maximum atomic E-state index is 5.42. The standard InChI is InChI=1S/C16H16N4OS/c1-3-21-15-6-4-5-12(18-15)13-10-22-16(19-13)20-14-9-11(2)7-8-17-14/h4-10H,3H2,1-2H3,(H,17,19,20). The second-order valence-corrected chi connectivity index (χ2v) is 5.53. The lowest BCUT2D eigenvalue weighted by atomic mass is 10.3. The Morgan fingerprint density at radius 3 is 2.91 bits per heavy atom. The van der Waals surface area contributed by atoms with E-state index in [0.29, 0.717) is 12.5 Å². The number of nitrogens with zero attached hydrogens (tertiary/aromatic N) is 3. The Labute approximate surface area is 133 Å². The van der Waals surface area contributed by atoms with Crippen LogP contribution in [0.2, 0.25) is 0 Å². The number of anilines is 2. The first-order valence-electron chi connectivity index (χ1n) is 7.00. The molecule has 6 heteroatoms. The van der Waals surface area contributed by atoms with Gasteiger partial charge in [-0.2, -0.15) is 0 Å². The van der Waals surface area contributed by atoms with E-state index in [1.54, 1.807) is 6.20 Å². The number of hydrogen-bond acceptors (Lipinski definition) is 6. The van der Waals surface area contributed by atoms with E-state index in [0.717, 1.165) is 27.9 Å². The Bertz CT molecular complexity index is 772. The maximum Gasteiger partial charge on any atom is 0.213 e. The summed E-state index contributed by atoms with van der Waals surface area (Å²) in [6, 6.07) is 9.62. The summed E-state index contributed by atoms with van der Waals surface area (Å²) in [7, 11) is 0. The van der Waals surface area contributed by atoms with Crippen LogP contribution >= 0.6 is 11.3 Å². The molecule has 0 aliphatic rings. The Kier molecular flexibility index (Phi) is 4.29. The number of pyridine rings is 2. The highest BCUT2D eigenvalue weighted by Crippen LogP contribution is 2.26. The lowest BCUT2D eigenvalue weighted by molar-refractivity contribution is 0.327. The van der Waals surface area contributed by atoms with Crippen molar-refractivity contribution in [2.75, 3.05) is 11.9 Å². The summed E-state index contributed by atoms with van der Waals surface area (Å²) in [4.78, 5) is 13.3. The molecule has 0 unspecified atom stereocenters. The number of ether oxygens (including phenoxy) is 1. The number of aryl methyl sites for hydroxylation is 1. The van der Waals surface area contributed by atoms with Gasteiger partial charge in [-0.15, -0.1) is 11.3 Å². The molecule has 0 aliphatic heterocycles. The van der Waals surface area contributed by atoms with Crippen LogP contribution in [-0.2, 0) is 0 Å². The van der Waals surface area contributed by atoms with Gasteiger partial charge in [0.2, 0.25) is 5.88 Å². The molecule has 0 saturated carbocycles. The van der Waals surface area contributed by atoms with Gasteiger partial charge in [0.05, 0.1) is 12.3 Å². The SMILES string of the molecule is CCOc1cccc(-c2csc(Nc3cc(C)ccn3)n2)n1. The van der Waals surface area contributed by atoms with Crippen LogP contribution in [0.15, 0.2) is 41.9 Å². The number of aromatic nitrogens is 3. The molecule has 3 rings (SSSR count). The first kappa shape index (κ1) is 14.5. The van der Waals surface area contributed by atoms with Gasteiger partial charge in [-0.25, -0.2) is 15.0 Å². The van der Waals surface area contributed by atoms with Gasteiger partial charge in [0, 0.05) is 17.6 Å². The Hall–Kier alpha value is -2.47. The van der Waals surface area contributed by atoms with E-state index in [9.17, 15) is 0 Å². The van der Waals surface area contributed by atoms with Gasteiger partial charge in [-0.3, -0.25) is 0 Å². The molecule has 0 fully saturated rings. The van der Waals surface area contributed by atoms with Gasteiger partial charge in [-0.05, 0) is 37.6 Å². The summed E-state index contributed by atoms with van der Waals surface area (Å²) < 4.78 is 5.42. The van der Waals surface area contributed by atoms with Crippen LogP contribution in [0.1, 0.15) is 12.5 Å². The van der Waals surface area contributed by atoms with Crippen LogP contribution in [0.3, 0.4) is 0 Å². The van der Waals surface area contributed by atoms with Crippen molar-refractivity contribution in [2.45, 2.75) is 13.8 Å². The Balaban J connectivity index is 1.80. The van der Waals surface area contributed by atoms with Crippen molar-refractivity contribution in [3.63, 3.8) is 0 Å². The third-order valence-electron chi connectivity index (χ3n) is 2.93. The highest BCUT2D eigenvalue weighted by molar-refractivity contribution is 7.14. The zero-order chi connectivity index (χ0) is 15.4. The highest BCUT2D eigenvalue weighted by Gasteiger charge is 2.08. The van der Waals surface area contributed by atoms with E-state index < -0.39 is 0 Å². The summed E-state index contributed by atoms with van der Waals surface area (Å²) in [5, 5.41) is 5.97. The molecule has 0 bridgehead atoms. The topological polar surface area (TPSA) is 59.9 Å². The predicted octanol–water partition coefficient (Wildman–Crippen LogP) is 4.05. The van der Waals surface area contributed by atoms with Gasteiger partial charge >= 0.3 is 0 Å². The number of nitrogens with one attached hydrogen (secondary N) is 1. The molecule has 22 heavy (non-hydrogen) atoms. The van der Waals surface area contributed by atoms with Crippen molar-refractivity contribution >= 4 is 22.3 Å². The average Bonchev–Trinajstić information content (AvgIpc) is 2.96. The number of rotatable bonds is 5. The molecule has 3 aromatic heterocycles. The fourth-order valence-corrected chi connectivity index (χ4v) is 2.66. The second-order valence-electron chi connectivity index (χ2n) is 4.68. The van der Waals surface area contributed by atoms with Crippen molar-refractivity contribution in [3.8, 4) is 17.3 Å². The van der Waals surface area contributed by atoms with Crippen molar-refractivity contribution in [1.82, 2.24) is 15.0 Å². The van der Waals surface area contributed by atoms with E-state index >= 15 is 0 Å². The van der Waals surface area contributed by atoms with Gasteiger partial charge in [0.15, 0.2) is 5.13 Å². The third-order valence-corrected chi connectivity index (χ3v) is 3.69. The van der Waals surface area contributed by atoms with E-state index in [4.69, 9.17) is 4.74 Å². The number of thiazole rings is 1. The molecular formula is C16H16N4OS. The van der Waals surface area contributed by atoms with Crippen LogP contribution in [0.4, 0.5) is 10.9 Å². The monoisotopic (exact) mass is 312 g/mol. The molecule has 112 valence electrons. The smallest absolute Gasteiger partial charge is 0.213 e. The lowest BCUT2D eigenvalue weighted by Crippen LogP contribution is -1.95. The molecule has 0 aromatic carbocycles. The fourth-order valence-electron chi connectivity index (χ4n) is 1.95. The van der Waals surface area contributed by atoms with Crippen LogP contribution in [-0.4, -0.2) is 21.6 Å². The van der Waals surface area contributed by atoms with Crippen LogP contribution in [0.25, 0.3) is 11.4 Å². The molecule has 0 amide bonds. The average molecular weight is 312 g/mol. The Morgan fingerprint density at radius 2 is 2.09 bits per heavy atom. The largest absolute Gasteiger partial charge is 0.478 e. The fraction of sp³-hybridized carbons (Fsp3) is 0.188. The van der Waals surface area contributed by atoms with E-state index in [2.05, 4.69) is 20.3 Å². The summed E-state index contributed by atoms with van der Waals surface area (Å²) >= 11 is 1.52. The van der Waals surface area contributed by atoms with Crippen molar-refractivity contribution in [1.29, 1.82) is 0 Å². The summed E-state index contributed by atoms with van der Waals surface area (Å²) in [6.45, 7) is 4.57. The van der Waals surface area contributed by atoms with Gasteiger partial charge < -0.3 is 10.1 Å². The molecule has 0 aliphatic carbocycles. The molecular weight excluding hydrogens is 296 g/mol. The minimum Gasteiger partial charge on any atom is -0.478 e. The molecule has 1 N–H and O–H groups in total. The van der Waals surface area contributed by atoms with Crippen LogP contribution in [0.5, 0.6) is 5.88 Å². The third kappa shape index (κ3) is 3.40. The molecule has 0 spiro atoms. The van der Waals surface area contributed by atoms with Crippen LogP contribution < -0.4 is 10.1 Å². The summed E-state index contributed by atoms with van der Waals surface area (Å²) in [5.74, 6) is 1.40. The zero-order valence-corrected chi connectivity index (χ0v) is 13.2. The molecule has 3 aromatic rings. The van der Waals surface area contributed by atoms with E-state index in [1.165, 1.54) is 11.3 Å². The van der Waals surface area contributed by atoms with Gasteiger partial charge in [0.1, 0.15) is 11.5 Å².